The van der Waals surface area contributed by atoms with Gasteiger partial charge in [0, 0.05) is 24.0 Å². The van der Waals surface area contributed by atoms with E-state index in [1.54, 1.807) is 14.2 Å². The van der Waals surface area contributed by atoms with Gasteiger partial charge in [-0.05, 0) is 44.7 Å². The van der Waals surface area contributed by atoms with Crippen molar-refractivity contribution in [3.05, 3.63) is 20.1 Å². The van der Waals surface area contributed by atoms with Crippen LogP contribution in [0.2, 0.25) is 0 Å². The van der Waals surface area contributed by atoms with Crippen molar-refractivity contribution < 1.29 is 19.1 Å². The van der Waals surface area contributed by atoms with Crippen LogP contribution in [0.4, 0.5) is 0 Å². The first kappa shape index (κ1) is 17.2. The monoisotopic (exact) mass is 406 g/mol. The number of benzene rings is 1. The molecule has 0 aliphatic carbocycles. The Bertz CT molecular complexity index is 455. The normalized spacial score (nSPS) is 10.2. The molecule has 0 aliphatic rings. The van der Waals surface area contributed by atoms with E-state index in [0.29, 0.717) is 37.2 Å². The maximum atomic E-state index is 10.6. The Morgan fingerprint density at radius 1 is 0.850 bits per heavy atom. The van der Waals surface area contributed by atoms with Gasteiger partial charge in [-0.1, -0.05) is 0 Å². The van der Waals surface area contributed by atoms with Gasteiger partial charge >= 0.3 is 0 Å². The van der Waals surface area contributed by atoms with Crippen LogP contribution in [0.15, 0.2) is 8.95 Å². The molecule has 20 heavy (non-hydrogen) atoms. The highest BCUT2D eigenvalue weighted by Crippen LogP contribution is 2.45. The summed E-state index contributed by atoms with van der Waals surface area (Å²) >= 11 is 7.02. The van der Waals surface area contributed by atoms with Gasteiger partial charge in [-0.25, -0.2) is 0 Å². The molecule has 0 atom stereocenters. The van der Waals surface area contributed by atoms with Crippen molar-refractivity contribution >= 4 is 44.4 Å². The Hall–Kier alpha value is -0.880. The van der Waals surface area contributed by atoms with E-state index in [4.69, 9.17) is 9.47 Å². The Morgan fingerprint density at radius 3 is 1.45 bits per heavy atom. The van der Waals surface area contributed by atoms with Crippen LogP contribution < -0.4 is 9.47 Å². The predicted molar refractivity (Wildman–Crippen MR) is 83.7 cm³/mol. The first-order chi connectivity index (χ1) is 9.62. The fourth-order valence-electron chi connectivity index (χ4n) is 2.02. The molecule has 0 heterocycles. The number of halogens is 2. The van der Waals surface area contributed by atoms with Gasteiger partial charge < -0.3 is 19.1 Å². The Kier molecular flexibility index (Phi) is 7.23. The molecule has 0 radical (unpaired) electrons. The highest BCUT2D eigenvalue weighted by molar-refractivity contribution is 9.11. The molecule has 0 N–H and O–H groups in total. The van der Waals surface area contributed by atoms with Gasteiger partial charge in [-0.3, -0.25) is 0 Å². The van der Waals surface area contributed by atoms with Crippen molar-refractivity contribution in [2.45, 2.75) is 25.7 Å². The van der Waals surface area contributed by atoms with Crippen LogP contribution in [-0.2, 0) is 22.4 Å². The SMILES string of the molecule is COc1c(Br)c(CCC=O)c(OC)c(Br)c1CCC=O. The molecule has 0 saturated heterocycles. The van der Waals surface area contributed by atoms with Gasteiger partial charge in [0.2, 0.25) is 0 Å². The summed E-state index contributed by atoms with van der Waals surface area (Å²) in [6.07, 6.45) is 3.64. The number of rotatable bonds is 8. The molecule has 0 unspecified atom stereocenters. The zero-order valence-electron chi connectivity index (χ0n) is 11.4. The largest absolute Gasteiger partial charge is 0.495 e. The number of aldehydes is 2. The number of methoxy groups -OCH3 is 2. The third-order valence-corrected chi connectivity index (χ3v) is 4.59. The van der Waals surface area contributed by atoms with Gasteiger partial charge in [0.25, 0.3) is 0 Å². The summed E-state index contributed by atoms with van der Waals surface area (Å²) in [4.78, 5) is 21.2. The topological polar surface area (TPSA) is 52.6 Å². The summed E-state index contributed by atoms with van der Waals surface area (Å²) in [7, 11) is 3.15. The average Bonchev–Trinajstić information content (AvgIpc) is 2.45. The van der Waals surface area contributed by atoms with Crippen molar-refractivity contribution in [2.75, 3.05) is 14.2 Å². The average molecular weight is 408 g/mol. The zero-order valence-corrected chi connectivity index (χ0v) is 14.5. The van der Waals surface area contributed by atoms with E-state index in [0.717, 1.165) is 32.6 Å². The summed E-state index contributed by atoms with van der Waals surface area (Å²) in [6, 6.07) is 0. The molecular formula is C14H16Br2O4. The molecule has 1 aromatic rings. The summed E-state index contributed by atoms with van der Waals surface area (Å²) in [5.41, 5.74) is 1.75. The lowest BCUT2D eigenvalue weighted by Gasteiger charge is -2.19. The Morgan fingerprint density at radius 2 is 1.20 bits per heavy atom. The molecule has 1 aromatic carbocycles. The summed E-state index contributed by atoms with van der Waals surface area (Å²) in [5.74, 6) is 1.33. The fraction of sp³-hybridized carbons (Fsp3) is 0.429. The van der Waals surface area contributed by atoms with E-state index in [1.807, 2.05) is 0 Å². The first-order valence-corrected chi connectivity index (χ1v) is 7.68. The van der Waals surface area contributed by atoms with Crippen LogP contribution in [0.5, 0.6) is 11.5 Å². The van der Waals surface area contributed by atoms with Crippen molar-refractivity contribution in [3.63, 3.8) is 0 Å². The van der Waals surface area contributed by atoms with Gasteiger partial charge in [-0.2, -0.15) is 0 Å². The summed E-state index contributed by atoms with van der Waals surface area (Å²) in [6.45, 7) is 0. The second-order valence-corrected chi connectivity index (χ2v) is 5.65. The van der Waals surface area contributed by atoms with Crippen LogP contribution in [0.25, 0.3) is 0 Å². The summed E-state index contributed by atoms with van der Waals surface area (Å²) < 4.78 is 12.4. The molecule has 0 fully saturated rings. The second-order valence-electron chi connectivity index (χ2n) is 4.06. The molecule has 0 spiro atoms. The molecule has 0 aromatic heterocycles. The lowest BCUT2D eigenvalue weighted by atomic mass is 10.0. The Labute approximate surface area is 135 Å². The van der Waals surface area contributed by atoms with Gasteiger partial charge in [0.05, 0.1) is 23.2 Å². The maximum Gasteiger partial charge on any atom is 0.137 e. The second kappa shape index (κ2) is 8.42. The van der Waals surface area contributed by atoms with E-state index in [9.17, 15) is 9.59 Å². The van der Waals surface area contributed by atoms with Crippen molar-refractivity contribution in [3.8, 4) is 11.5 Å². The van der Waals surface area contributed by atoms with Crippen molar-refractivity contribution in [1.29, 1.82) is 0 Å². The smallest absolute Gasteiger partial charge is 0.137 e. The van der Waals surface area contributed by atoms with E-state index < -0.39 is 0 Å². The highest BCUT2D eigenvalue weighted by Gasteiger charge is 2.22. The van der Waals surface area contributed by atoms with Crippen LogP contribution in [0.1, 0.15) is 24.0 Å². The fourth-order valence-corrected chi connectivity index (χ4v) is 3.58. The molecule has 110 valence electrons. The van der Waals surface area contributed by atoms with Crippen LogP contribution in [0, 0.1) is 0 Å². The van der Waals surface area contributed by atoms with E-state index in [1.165, 1.54) is 0 Å². The minimum Gasteiger partial charge on any atom is -0.495 e. The molecule has 0 amide bonds. The number of carbonyl (C=O) groups is 2. The molecule has 6 heteroatoms. The molecule has 0 saturated carbocycles. The lowest BCUT2D eigenvalue weighted by molar-refractivity contribution is -0.108. The maximum absolute atomic E-state index is 10.6. The van der Waals surface area contributed by atoms with Crippen LogP contribution in [0.3, 0.4) is 0 Å². The molecule has 0 bridgehead atoms. The quantitative estimate of drug-likeness (QED) is 0.619. The third-order valence-electron chi connectivity index (χ3n) is 2.91. The van der Waals surface area contributed by atoms with E-state index in [-0.39, 0.29) is 0 Å². The summed E-state index contributed by atoms with van der Waals surface area (Å²) in [5, 5.41) is 0. The van der Waals surface area contributed by atoms with E-state index >= 15 is 0 Å². The zero-order chi connectivity index (χ0) is 15.1. The predicted octanol–water partition coefficient (Wildman–Crippen LogP) is 3.49. The minimum atomic E-state index is 0.401. The van der Waals surface area contributed by atoms with Crippen LogP contribution >= 0.6 is 31.9 Å². The number of carbonyl (C=O) groups excluding carboxylic acids is 2. The van der Waals surface area contributed by atoms with Gasteiger partial charge in [0.1, 0.15) is 24.1 Å². The van der Waals surface area contributed by atoms with Crippen LogP contribution in [-0.4, -0.2) is 26.8 Å². The van der Waals surface area contributed by atoms with Gasteiger partial charge in [-0.15, -0.1) is 0 Å². The minimum absolute atomic E-state index is 0.401. The number of hydrogen-bond acceptors (Lipinski definition) is 4. The standard InChI is InChI=1S/C14H16Br2O4/c1-19-13-9(5-3-7-17)12(16)14(20-2)10(11(13)15)6-4-8-18/h7-8H,3-6H2,1-2H3. The lowest BCUT2D eigenvalue weighted by Crippen LogP contribution is -2.03. The van der Waals surface area contributed by atoms with E-state index in [2.05, 4.69) is 31.9 Å². The van der Waals surface area contributed by atoms with Crippen molar-refractivity contribution in [1.82, 2.24) is 0 Å². The van der Waals surface area contributed by atoms with Crippen molar-refractivity contribution in [2.24, 2.45) is 0 Å². The number of ether oxygens (including phenoxy) is 2. The molecule has 0 aliphatic heterocycles. The highest BCUT2D eigenvalue weighted by atomic mass is 79.9. The Balaban J connectivity index is 3.43. The van der Waals surface area contributed by atoms with Gasteiger partial charge in [0.15, 0.2) is 0 Å². The molecule has 1 rings (SSSR count). The molecule has 4 nitrogen and oxygen atoms in total. The third kappa shape index (κ3) is 3.61. The molecular weight excluding hydrogens is 392 g/mol. The number of hydrogen-bond donors (Lipinski definition) is 0. The first-order valence-electron chi connectivity index (χ1n) is 6.10.